The van der Waals surface area contributed by atoms with E-state index in [0.29, 0.717) is 16.8 Å². The van der Waals surface area contributed by atoms with Gasteiger partial charge in [-0.05, 0) is 30.2 Å². The number of rotatable bonds is 18. The molecule has 0 fully saturated rings. The van der Waals surface area contributed by atoms with E-state index in [1.165, 1.54) is 43.5 Å². The minimum absolute atomic E-state index is 0.117. The molecule has 1 heterocycles. The normalized spacial score (nSPS) is 13.7. The first-order valence-electron chi connectivity index (χ1n) is 13.4. The summed E-state index contributed by atoms with van der Waals surface area (Å²) >= 11 is 0. The quantitative estimate of drug-likeness (QED) is 0.132. The molecule has 248 valence electrons. The third-order valence-electron chi connectivity index (χ3n) is 6.11. The first-order valence-corrected chi connectivity index (χ1v) is 15.2. The van der Waals surface area contributed by atoms with Crippen LogP contribution in [0.25, 0.3) is 17.3 Å². The Kier molecular flexibility index (Phi) is 13.5. The summed E-state index contributed by atoms with van der Waals surface area (Å²) in [6.45, 7) is 2.43. The number of benzene rings is 1. The van der Waals surface area contributed by atoms with E-state index in [1.807, 2.05) is 13.8 Å². The van der Waals surface area contributed by atoms with E-state index in [9.17, 15) is 48.0 Å². The Balaban J connectivity index is 2.17. The number of hydrogen-bond acceptors (Lipinski definition) is 14. The number of carbonyl (C=O) groups excluding carboxylic acids is 1. The number of aromatic nitrogens is 2. The molecule has 2 N–H and O–H groups in total. The molecule has 1 unspecified atom stereocenters. The van der Waals surface area contributed by atoms with E-state index in [1.54, 1.807) is 0 Å². The molecule has 45 heavy (non-hydrogen) atoms. The van der Waals surface area contributed by atoms with Crippen LogP contribution in [0.15, 0.2) is 30.3 Å². The summed E-state index contributed by atoms with van der Waals surface area (Å²) in [5.74, 6) is -1.78. The van der Waals surface area contributed by atoms with Crippen molar-refractivity contribution in [2.75, 3.05) is 30.8 Å². The summed E-state index contributed by atoms with van der Waals surface area (Å²) in [5, 5.41) is 39.4. The summed E-state index contributed by atoms with van der Waals surface area (Å²) < 4.78 is 43.9. The van der Waals surface area contributed by atoms with Gasteiger partial charge < -0.3 is 24.6 Å². The van der Waals surface area contributed by atoms with Crippen LogP contribution in [0.5, 0.6) is 0 Å². The molecule has 0 saturated carbocycles. The van der Waals surface area contributed by atoms with Gasteiger partial charge in [0.05, 0.1) is 42.9 Å². The van der Waals surface area contributed by atoms with Crippen LogP contribution in [0.3, 0.4) is 0 Å². The Bertz CT molecular complexity index is 1470. The van der Waals surface area contributed by atoms with Crippen molar-refractivity contribution in [3.8, 4) is 11.3 Å². The zero-order valence-electron chi connectivity index (χ0n) is 24.8. The molecule has 0 radical (unpaired) electrons. The van der Waals surface area contributed by atoms with Gasteiger partial charge >= 0.3 is 5.97 Å². The van der Waals surface area contributed by atoms with Gasteiger partial charge in [0.15, 0.2) is 0 Å². The molecule has 0 saturated heterocycles. The zero-order chi connectivity index (χ0) is 33.9. The monoisotopic (exact) mass is 659 g/mol. The van der Waals surface area contributed by atoms with Gasteiger partial charge in [0.2, 0.25) is 16.0 Å². The lowest BCUT2D eigenvalue weighted by Crippen LogP contribution is -2.27. The van der Waals surface area contributed by atoms with Crippen LogP contribution in [0, 0.1) is 26.0 Å². The van der Waals surface area contributed by atoms with Crippen LogP contribution in [0.1, 0.15) is 50.3 Å². The topological polar surface area (TPSA) is 235 Å². The van der Waals surface area contributed by atoms with Crippen LogP contribution < -0.4 is 4.31 Å². The van der Waals surface area contributed by atoms with Crippen molar-refractivity contribution in [1.82, 2.24) is 9.97 Å². The Morgan fingerprint density at radius 3 is 2.33 bits per heavy atom. The number of esters is 1. The maximum Gasteiger partial charge on any atom is 0.308 e. The molecule has 0 aliphatic rings. The van der Waals surface area contributed by atoms with Gasteiger partial charge in [-0.15, -0.1) is 20.2 Å². The number of anilines is 1. The maximum absolute atomic E-state index is 13.7. The molecule has 0 aliphatic carbocycles. The Hall–Kier alpha value is -4.49. The van der Waals surface area contributed by atoms with E-state index in [0.717, 1.165) is 10.6 Å². The first-order chi connectivity index (χ1) is 21.0. The Labute approximate surface area is 257 Å². The number of hydrogen-bond donors (Lipinski definition) is 2. The molecule has 17 nitrogen and oxygen atoms in total. The minimum Gasteiger partial charge on any atom is -0.466 e. The van der Waals surface area contributed by atoms with E-state index in [2.05, 4.69) is 19.6 Å². The van der Waals surface area contributed by atoms with Crippen LogP contribution in [-0.2, 0) is 29.2 Å². The SMILES string of the molecule is CC(C)c1nc(N(C)S(C)(=O)=O)nc(-c2ccc(F)cc2)c1/C=C/[C@@H](O)C[C@@H](O)CC(=O)OCCC(CO[N+](=O)[O-])O[N+](=O)[O-]. The molecular weight excluding hydrogens is 625 g/mol. The second-order valence-corrected chi connectivity index (χ2v) is 12.1. The van der Waals surface area contributed by atoms with Crippen molar-refractivity contribution in [2.24, 2.45) is 0 Å². The molecular formula is C26H34FN5O12S. The average molecular weight is 660 g/mol. The lowest BCUT2D eigenvalue weighted by molar-refractivity contribution is -0.790. The van der Waals surface area contributed by atoms with Crippen molar-refractivity contribution in [2.45, 2.75) is 57.3 Å². The molecule has 0 spiro atoms. The molecule has 1 aromatic carbocycles. The number of nitrogens with zero attached hydrogens (tertiary/aromatic N) is 5. The highest BCUT2D eigenvalue weighted by Crippen LogP contribution is 2.31. The maximum atomic E-state index is 13.7. The number of carbonyl (C=O) groups is 1. The second-order valence-electron chi connectivity index (χ2n) is 10.1. The van der Waals surface area contributed by atoms with Gasteiger partial charge in [-0.2, -0.15) is 0 Å². The lowest BCUT2D eigenvalue weighted by Gasteiger charge is -2.20. The summed E-state index contributed by atoms with van der Waals surface area (Å²) in [7, 11) is -2.44. The van der Waals surface area contributed by atoms with Crippen LogP contribution in [0.2, 0.25) is 0 Å². The van der Waals surface area contributed by atoms with Gasteiger partial charge in [0.1, 0.15) is 18.5 Å². The fourth-order valence-electron chi connectivity index (χ4n) is 3.83. The van der Waals surface area contributed by atoms with Gasteiger partial charge in [-0.1, -0.05) is 26.0 Å². The predicted molar refractivity (Wildman–Crippen MR) is 155 cm³/mol. The van der Waals surface area contributed by atoms with Crippen molar-refractivity contribution >= 4 is 28.0 Å². The smallest absolute Gasteiger partial charge is 0.308 e. The number of sulfonamides is 1. The number of aliphatic hydroxyl groups excluding tert-OH is 2. The predicted octanol–water partition coefficient (Wildman–Crippen LogP) is 2.04. The van der Waals surface area contributed by atoms with Crippen molar-refractivity contribution in [1.29, 1.82) is 0 Å². The first kappa shape index (κ1) is 36.7. The van der Waals surface area contributed by atoms with E-state index in [-0.39, 0.29) is 30.4 Å². The minimum atomic E-state index is -3.73. The fourth-order valence-corrected chi connectivity index (χ4v) is 4.21. The third-order valence-corrected chi connectivity index (χ3v) is 7.27. The van der Waals surface area contributed by atoms with Crippen LogP contribution in [0.4, 0.5) is 10.3 Å². The highest BCUT2D eigenvalue weighted by molar-refractivity contribution is 7.92. The fraction of sp³-hybridized carbons (Fsp3) is 0.500. The molecule has 19 heteroatoms. The number of halogens is 1. The second kappa shape index (κ2) is 16.5. The summed E-state index contributed by atoms with van der Waals surface area (Å²) in [5.41, 5.74) is 1.53. The zero-order valence-corrected chi connectivity index (χ0v) is 25.6. The highest BCUT2D eigenvalue weighted by Gasteiger charge is 2.23. The van der Waals surface area contributed by atoms with Crippen molar-refractivity contribution in [3.63, 3.8) is 0 Å². The van der Waals surface area contributed by atoms with E-state index in [4.69, 9.17) is 4.74 Å². The van der Waals surface area contributed by atoms with Gasteiger partial charge in [0, 0.05) is 31.0 Å². The molecule has 0 bridgehead atoms. The molecule has 0 amide bonds. The van der Waals surface area contributed by atoms with E-state index >= 15 is 0 Å². The van der Waals surface area contributed by atoms with Crippen molar-refractivity contribution in [3.05, 3.63) is 67.6 Å². The standard InChI is InChI=1S/C26H34FN5O12S/c1-16(2)24-22(25(17-5-7-18(27)8-6-17)29-26(28-24)30(3)45(4,40)41)10-9-19(33)13-20(34)14-23(35)42-12-11-21(44-32(38)39)15-43-31(36)37/h5-10,16,19-21,33-34H,11-15H2,1-4H3/b10-9+/t19-,20-,21?/m1/s1. The molecule has 2 rings (SSSR count). The van der Waals surface area contributed by atoms with Gasteiger partial charge in [-0.3, -0.25) is 4.79 Å². The van der Waals surface area contributed by atoms with Crippen molar-refractivity contribution < 1.29 is 52.4 Å². The molecule has 2 aromatic rings. The summed E-state index contributed by atoms with van der Waals surface area (Å²) in [6.07, 6.45) is -1.42. The lowest BCUT2D eigenvalue weighted by atomic mass is 9.97. The van der Waals surface area contributed by atoms with Crippen LogP contribution in [-0.4, -0.2) is 89.6 Å². The summed E-state index contributed by atoms with van der Waals surface area (Å²) in [6, 6.07) is 5.33. The van der Waals surface area contributed by atoms with Gasteiger partial charge in [0.25, 0.3) is 10.2 Å². The molecule has 1 aromatic heterocycles. The van der Waals surface area contributed by atoms with E-state index < -0.39 is 69.9 Å². The highest BCUT2D eigenvalue weighted by atomic mass is 32.2. The average Bonchev–Trinajstić information content (AvgIpc) is 2.93. The van der Waals surface area contributed by atoms with Gasteiger partial charge in [-0.25, -0.2) is 27.1 Å². The number of aliphatic hydroxyl groups is 2. The molecule has 3 atom stereocenters. The van der Waals surface area contributed by atoms with Crippen LogP contribution >= 0.6 is 0 Å². The molecule has 0 aliphatic heterocycles. The summed E-state index contributed by atoms with van der Waals surface area (Å²) in [4.78, 5) is 50.0. The Morgan fingerprint density at radius 1 is 1.13 bits per heavy atom. The number of ether oxygens (including phenoxy) is 1. The Morgan fingerprint density at radius 2 is 1.78 bits per heavy atom. The largest absolute Gasteiger partial charge is 0.466 e. The third kappa shape index (κ3) is 12.2.